The number of aromatic nitrogens is 4. The molecule has 2 aromatic carbocycles. The van der Waals surface area contributed by atoms with Gasteiger partial charge < -0.3 is 20.1 Å². The Morgan fingerprint density at radius 3 is 2.67 bits per heavy atom. The monoisotopic (exact) mass is 600 g/mol. The Morgan fingerprint density at radius 1 is 1.18 bits per heavy atom. The Labute approximate surface area is 244 Å². The van der Waals surface area contributed by atoms with Crippen LogP contribution in [0.1, 0.15) is 42.5 Å². The summed E-state index contributed by atoms with van der Waals surface area (Å²) in [5.74, 6) is -0.317. The van der Waals surface area contributed by atoms with Crippen molar-refractivity contribution in [3.8, 4) is 16.3 Å². The molecule has 0 bridgehead atoms. The molecule has 5 rings (SSSR count). The number of benzene rings is 2. The van der Waals surface area contributed by atoms with Crippen molar-refractivity contribution in [1.82, 2.24) is 30.2 Å². The summed E-state index contributed by atoms with van der Waals surface area (Å²) in [6.45, 7) is 5.75. The van der Waals surface area contributed by atoms with E-state index in [-0.39, 0.29) is 31.2 Å². The lowest BCUT2D eigenvalue weighted by Crippen LogP contribution is -2.62. The number of carbonyl (C=O) groups is 2. The standard InChI is InChI=1S/C27H26Cl2N6O4S/c1-26(2,3)39-25(37)34-14-27(38,15-34)22-12-35(33-32-22)18-6-4-5-16(9-18)11-30-23(36)21-13-40-24(31-21)19-8-7-17(28)10-20(19)29/h4-10,12-13,38H,11,14-15H2,1-3H3,(H,30,36). The van der Waals surface area contributed by atoms with Crippen LogP contribution in [-0.2, 0) is 16.9 Å². The first kappa shape index (κ1) is 28.0. The molecule has 2 N–H and O–H groups in total. The number of hydrogen-bond acceptors (Lipinski definition) is 8. The topological polar surface area (TPSA) is 122 Å². The minimum Gasteiger partial charge on any atom is -0.444 e. The molecule has 1 aliphatic rings. The van der Waals surface area contributed by atoms with Gasteiger partial charge in [-0.1, -0.05) is 40.5 Å². The third kappa shape index (κ3) is 6.12. The van der Waals surface area contributed by atoms with Gasteiger partial charge in [-0.05, 0) is 56.7 Å². The summed E-state index contributed by atoms with van der Waals surface area (Å²) in [6.07, 6.45) is 1.14. The maximum Gasteiger partial charge on any atom is 0.410 e. The smallest absolute Gasteiger partial charge is 0.410 e. The van der Waals surface area contributed by atoms with Crippen molar-refractivity contribution in [3.63, 3.8) is 0 Å². The van der Waals surface area contributed by atoms with Crippen molar-refractivity contribution in [1.29, 1.82) is 0 Å². The van der Waals surface area contributed by atoms with Crippen LogP contribution in [-0.4, -0.2) is 60.7 Å². The fraction of sp³-hybridized carbons (Fsp3) is 0.296. The van der Waals surface area contributed by atoms with Gasteiger partial charge in [0.2, 0.25) is 0 Å². The number of likely N-dealkylation sites (tertiary alicyclic amines) is 1. The number of thiazole rings is 1. The number of nitrogens with zero attached hydrogens (tertiary/aromatic N) is 5. The van der Waals surface area contributed by atoms with Gasteiger partial charge in [0.15, 0.2) is 0 Å². The molecule has 0 saturated carbocycles. The van der Waals surface area contributed by atoms with E-state index in [2.05, 4.69) is 20.6 Å². The normalized spacial score (nSPS) is 14.5. The first-order valence-corrected chi connectivity index (χ1v) is 14.0. The van der Waals surface area contributed by atoms with Gasteiger partial charge in [0, 0.05) is 22.5 Å². The van der Waals surface area contributed by atoms with E-state index in [9.17, 15) is 14.7 Å². The number of hydrogen-bond donors (Lipinski definition) is 2. The van der Waals surface area contributed by atoms with Crippen molar-refractivity contribution >= 4 is 46.5 Å². The van der Waals surface area contributed by atoms with Crippen molar-refractivity contribution in [2.45, 2.75) is 38.5 Å². The first-order chi connectivity index (χ1) is 18.9. The van der Waals surface area contributed by atoms with Gasteiger partial charge in [-0.3, -0.25) is 4.79 Å². The fourth-order valence-electron chi connectivity index (χ4n) is 4.05. The van der Waals surface area contributed by atoms with Crippen LogP contribution >= 0.6 is 34.5 Å². The van der Waals surface area contributed by atoms with Crippen molar-refractivity contribution in [2.75, 3.05) is 13.1 Å². The lowest BCUT2D eigenvalue weighted by molar-refractivity contribution is -0.106. The molecule has 3 heterocycles. The molecular weight excluding hydrogens is 575 g/mol. The predicted octanol–water partition coefficient (Wildman–Crippen LogP) is 5.07. The summed E-state index contributed by atoms with van der Waals surface area (Å²) in [4.78, 5) is 30.8. The third-order valence-electron chi connectivity index (χ3n) is 6.05. The van der Waals surface area contributed by atoms with Crippen molar-refractivity contribution < 1.29 is 19.4 Å². The summed E-state index contributed by atoms with van der Waals surface area (Å²) in [7, 11) is 0. The molecule has 10 nitrogen and oxygen atoms in total. The molecule has 2 aromatic heterocycles. The number of carbonyl (C=O) groups excluding carboxylic acids is 2. The minimum atomic E-state index is -1.30. The molecular formula is C27H26Cl2N6O4S. The maximum absolute atomic E-state index is 12.7. The number of ether oxygens (including phenoxy) is 1. The predicted molar refractivity (Wildman–Crippen MR) is 152 cm³/mol. The number of β-amino-alcohol motifs (C(OH)–C–C–N with tert-alkyl or cyclic N) is 1. The zero-order valence-electron chi connectivity index (χ0n) is 21.9. The van der Waals surface area contributed by atoms with Crippen LogP contribution in [0.4, 0.5) is 4.79 Å². The van der Waals surface area contributed by atoms with Gasteiger partial charge in [-0.15, -0.1) is 16.4 Å². The van der Waals surface area contributed by atoms with Crippen LogP contribution < -0.4 is 5.32 Å². The SMILES string of the molecule is CC(C)(C)OC(=O)N1CC(O)(c2cn(-c3cccc(CNC(=O)c4csc(-c5ccc(Cl)cc5Cl)n4)c3)nn2)C1. The number of rotatable bonds is 6. The molecule has 13 heteroatoms. The molecule has 4 aromatic rings. The molecule has 0 atom stereocenters. The highest BCUT2D eigenvalue weighted by Crippen LogP contribution is 2.33. The highest BCUT2D eigenvalue weighted by atomic mass is 35.5. The lowest BCUT2D eigenvalue weighted by atomic mass is 9.91. The Bertz CT molecular complexity index is 1570. The highest BCUT2D eigenvalue weighted by molar-refractivity contribution is 7.13. The van der Waals surface area contributed by atoms with Crippen molar-refractivity contribution in [2.24, 2.45) is 0 Å². The summed E-state index contributed by atoms with van der Waals surface area (Å²) in [5, 5.41) is 25.4. The second-order valence-electron chi connectivity index (χ2n) is 10.4. The highest BCUT2D eigenvalue weighted by Gasteiger charge is 2.48. The van der Waals surface area contributed by atoms with Crippen LogP contribution in [0.5, 0.6) is 0 Å². The molecule has 0 radical (unpaired) electrons. The van der Waals surface area contributed by atoms with E-state index in [1.807, 2.05) is 24.3 Å². The molecule has 1 saturated heterocycles. The molecule has 40 heavy (non-hydrogen) atoms. The zero-order chi connectivity index (χ0) is 28.7. The average molecular weight is 602 g/mol. The van der Waals surface area contributed by atoms with Gasteiger partial charge in [0.1, 0.15) is 27.6 Å². The Kier molecular flexibility index (Phi) is 7.58. The van der Waals surface area contributed by atoms with Crippen molar-refractivity contribution in [3.05, 3.63) is 81.0 Å². The van der Waals surface area contributed by atoms with E-state index in [0.717, 1.165) is 5.56 Å². The third-order valence-corrected chi connectivity index (χ3v) is 7.48. The summed E-state index contributed by atoms with van der Waals surface area (Å²) >= 11 is 13.6. The van der Waals surface area contributed by atoms with Crippen LogP contribution in [0.3, 0.4) is 0 Å². The van der Waals surface area contributed by atoms with Crippen LogP contribution in [0.2, 0.25) is 10.0 Å². The van der Waals surface area contributed by atoms with Crippen LogP contribution in [0, 0.1) is 0 Å². The summed E-state index contributed by atoms with van der Waals surface area (Å²) in [5.41, 5.74) is 0.960. The Balaban J connectivity index is 1.20. The summed E-state index contributed by atoms with van der Waals surface area (Å²) < 4.78 is 6.89. The Hall–Kier alpha value is -3.51. The van der Waals surface area contributed by atoms with E-state index in [1.165, 1.54) is 20.9 Å². The number of halogens is 2. The van der Waals surface area contributed by atoms with Gasteiger partial charge >= 0.3 is 6.09 Å². The van der Waals surface area contributed by atoms with Gasteiger partial charge in [-0.2, -0.15) is 0 Å². The maximum atomic E-state index is 12.7. The molecule has 2 amide bonds. The number of amides is 2. The second-order valence-corrected chi connectivity index (χ2v) is 12.1. The molecule has 0 aliphatic carbocycles. The fourth-order valence-corrected chi connectivity index (χ4v) is 5.45. The second kappa shape index (κ2) is 10.8. The van der Waals surface area contributed by atoms with E-state index >= 15 is 0 Å². The molecule has 1 fully saturated rings. The van der Waals surface area contributed by atoms with Gasteiger partial charge in [-0.25, -0.2) is 14.5 Å². The van der Waals surface area contributed by atoms with E-state index < -0.39 is 17.3 Å². The molecule has 1 aliphatic heterocycles. The number of nitrogens with one attached hydrogen (secondary N) is 1. The quantitative estimate of drug-likeness (QED) is 0.317. The lowest BCUT2D eigenvalue weighted by Gasteiger charge is -2.44. The van der Waals surface area contributed by atoms with Gasteiger partial charge in [0.05, 0.1) is 30.0 Å². The van der Waals surface area contributed by atoms with Crippen LogP contribution in [0.25, 0.3) is 16.3 Å². The molecule has 0 spiro atoms. The molecule has 208 valence electrons. The van der Waals surface area contributed by atoms with E-state index in [0.29, 0.717) is 32.0 Å². The van der Waals surface area contributed by atoms with Crippen LogP contribution in [0.15, 0.2) is 54.0 Å². The minimum absolute atomic E-state index is 0.0647. The largest absolute Gasteiger partial charge is 0.444 e. The number of aliphatic hydroxyl groups is 1. The molecule has 0 unspecified atom stereocenters. The van der Waals surface area contributed by atoms with E-state index in [4.69, 9.17) is 27.9 Å². The average Bonchev–Trinajstić information content (AvgIpc) is 3.55. The first-order valence-electron chi connectivity index (χ1n) is 12.3. The zero-order valence-corrected chi connectivity index (χ0v) is 24.2. The summed E-state index contributed by atoms with van der Waals surface area (Å²) in [6, 6.07) is 12.5. The Morgan fingerprint density at radius 2 is 1.95 bits per heavy atom. The van der Waals surface area contributed by atoms with E-state index in [1.54, 1.807) is 50.5 Å². The van der Waals surface area contributed by atoms with Gasteiger partial charge in [0.25, 0.3) is 5.91 Å².